The highest BCUT2D eigenvalue weighted by Crippen LogP contribution is 2.14. The highest BCUT2D eigenvalue weighted by molar-refractivity contribution is 5.88. The molecule has 1 aromatic rings. The van der Waals surface area contributed by atoms with Gasteiger partial charge in [0.05, 0.1) is 12.5 Å². The molecule has 2 rings (SSSR count). The van der Waals surface area contributed by atoms with Gasteiger partial charge in [-0.15, -0.1) is 0 Å². The zero-order chi connectivity index (χ0) is 26.0. The van der Waals surface area contributed by atoms with Crippen LogP contribution < -0.4 is 16.0 Å². The molecule has 9 nitrogen and oxygen atoms in total. The number of rotatable bonds is 11. The molecule has 0 saturated carbocycles. The first kappa shape index (κ1) is 29.3. The number of hydrogen-bond donors (Lipinski definition) is 3. The van der Waals surface area contributed by atoms with Crippen molar-refractivity contribution in [2.75, 3.05) is 19.6 Å². The summed E-state index contributed by atoms with van der Waals surface area (Å²) in [7, 11) is 0. The first-order valence-electron chi connectivity index (χ1n) is 13.3. The maximum absolute atomic E-state index is 13.3. The zero-order valence-corrected chi connectivity index (χ0v) is 21.5. The Morgan fingerprint density at radius 3 is 2.61 bits per heavy atom. The van der Waals surface area contributed by atoms with E-state index >= 15 is 0 Å². The number of carbonyl (C=O) groups excluding carboxylic acids is 4. The van der Waals surface area contributed by atoms with Gasteiger partial charge in [0, 0.05) is 19.5 Å². The van der Waals surface area contributed by atoms with Gasteiger partial charge in [0.15, 0.2) is 0 Å². The number of benzene rings is 1. The Balaban J connectivity index is 1.98. The molecule has 1 aliphatic heterocycles. The van der Waals surface area contributed by atoms with Crippen molar-refractivity contribution < 1.29 is 24.0 Å². The lowest BCUT2D eigenvalue weighted by Gasteiger charge is -2.26. The van der Waals surface area contributed by atoms with Crippen LogP contribution in [-0.4, -0.2) is 54.9 Å². The van der Waals surface area contributed by atoms with Gasteiger partial charge >= 0.3 is 0 Å². The normalized spacial score (nSPS) is 18.8. The van der Waals surface area contributed by atoms with E-state index in [0.717, 1.165) is 44.1 Å². The highest BCUT2D eigenvalue weighted by Gasteiger charge is 2.27. The fourth-order valence-corrected chi connectivity index (χ4v) is 4.10. The highest BCUT2D eigenvalue weighted by atomic mass is 16.7. The molecule has 0 bridgehead atoms. The van der Waals surface area contributed by atoms with E-state index in [1.54, 1.807) is 0 Å². The molecular weight excluding hydrogens is 460 g/mol. The topological polar surface area (TPSA) is 117 Å². The number of carbonyl (C=O) groups is 4. The number of nitrogens with one attached hydrogen (secondary N) is 3. The molecule has 36 heavy (non-hydrogen) atoms. The summed E-state index contributed by atoms with van der Waals surface area (Å²) in [4.78, 5) is 55.3. The van der Waals surface area contributed by atoms with Gasteiger partial charge in [-0.3, -0.25) is 24.0 Å². The average Bonchev–Trinajstić information content (AvgIpc) is 2.89. The molecule has 3 N–H and O–H groups in total. The predicted molar refractivity (Wildman–Crippen MR) is 137 cm³/mol. The molecule has 2 atom stereocenters. The Bertz CT molecular complexity index is 805. The molecule has 1 fully saturated rings. The fraction of sp³-hybridized carbons (Fsp3) is 0.630. The van der Waals surface area contributed by atoms with E-state index in [9.17, 15) is 19.2 Å². The van der Waals surface area contributed by atoms with Crippen LogP contribution in [0.4, 0.5) is 0 Å². The van der Waals surface area contributed by atoms with Crippen LogP contribution in [0.15, 0.2) is 30.3 Å². The van der Waals surface area contributed by atoms with Gasteiger partial charge in [-0.2, -0.15) is 0 Å². The zero-order valence-electron chi connectivity index (χ0n) is 21.5. The SMILES string of the molecule is CCCC[C@H](CN(C=O)OCc1ccccc1)C(=O)N[C@H]1CCCCNC(=O)CCCCCNC1=O. The summed E-state index contributed by atoms with van der Waals surface area (Å²) in [5.74, 6) is -0.875. The van der Waals surface area contributed by atoms with Gasteiger partial charge in [-0.05, 0) is 44.1 Å². The van der Waals surface area contributed by atoms with Gasteiger partial charge < -0.3 is 16.0 Å². The molecule has 0 radical (unpaired) electrons. The van der Waals surface area contributed by atoms with Gasteiger partial charge in [0.25, 0.3) is 0 Å². The molecule has 0 unspecified atom stereocenters. The van der Waals surface area contributed by atoms with E-state index in [0.29, 0.717) is 45.2 Å². The second-order valence-corrected chi connectivity index (χ2v) is 9.31. The third-order valence-electron chi connectivity index (χ3n) is 6.29. The van der Waals surface area contributed by atoms with Crippen molar-refractivity contribution in [2.45, 2.75) is 83.8 Å². The van der Waals surface area contributed by atoms with Crippen LogP contribution in [0.3, 0.4) is 0 Å². The van der Waals surface area contributed by atoms with Crippen molar-refractivity contribution in [3.8, 4) is 0 Å². The molecular formula is C27H42N4O5. The monoisotopic (exact) mass is 502 g/mol. The molecule has 1 aromatic carbocycles. The average molecular weight is 503 g/mol. The summed E-state index contributed by atoms with van der Waals surface area (Å²) in [5.41, 5.74) is 0.923. The van der Waals surface area contributed by atoms with Gasteiger partial charge in [-0.25, -0.2) is 5.06 Å². The van der Waals surface area contributed by atoms with E-state index < -0.39 is 12.0 Å². The van der Waals surface area contributed by atoms with Gasteiger partial charge in [0.2, 0.25) is 24.1 Å². The standard InChI is InChI=1S/C27H42N4O5/c1-2-3-14-23(19-31(21-32)36-20-22-12-6-4-7-13-22)26(34)30-24-15-9-11-17-28-25(33)16-8-5-10-18-29-27(24)35/h4,6-7,12-13,21,23-24H,2-3,5,8-11,14-20H2,1H3,(H,28,33)(H,29,35)(H,30,34)/t23-,24+/m1/s1. The number of hydrogen-bond acceptors (Lipinski definition) is 5. The lowest BCUT2D eigenvalue weighted by atomic mass is 9.99. The molecule has 1 aliphatic rings. The maximum atomic E-state index is 13.3. The van der Waals surface area contributed by atoms with Gasteiger partial charge in [0.1, 0.15) is 12.6 Å². The summed E-state index contributed by atoms with van der Waals surface area (Å²) >= 11 is 0. The Morgan fingerprint density at radius 2 is 1.86 bits per heavy atom. The summed E-state index contributed by atoms with van der Waals surface area (Å²) in [6.45, 7) is 3.46. The van der Waals surface area contributed by atoms with Crippen molar-refractivity contribution in [1.82, 2.24) is 21.0 Å². The fourth-order valence-electron chi connectivity index (χ4n) is 4.10. The first-order valence-corrected chi connectivity index (χ1v) is 13.3. The van der Waals surface area contributed by atoms with Crippen LogP contribution in [0.5, 0.6) is 0 Å². The molecule has 4 amide bonds. The molecule has 1 heterocycles. The number of nitrogens with zero attached hydrogens (tertiary/aromatic N) is 1. The van der Waals surface area contributed by atoms with Crippen molar-refractivity contribution in [1.29, 1.82) is 0 Å². The van der Waals surface area contributed by atoms with Crippen LogP contribution in [0.2, 0.25) is 0 Å². The quantitative estimate of drug-likeness (QED) is 0.318. The summed E-state index contributed by atoms with van der Waals surface area (Å²) < 4.78 is 0. The number of hydroxylamine groups is 2. The van der Waals surface area contributed by atoms with E-state index in [-0.39, 0.29) is 30.9 Å². The summed E-state index contributed by atoms with van der Waals surface area (Å²) in [5, 5.41) is 9.95. The molecule has 0 aromatic heterocycles. The third kappa shape index (κ3) is 11.7. The summed E-state index contributed by atoms with van der Waals surface area (Å²) in [6, 6.07) is 8.85. The molecule has 0 aliphatic carbocycles. The van der Waals surface area contributed by atoms with Crippen molar-refractivity contribution in [2.24, 2.45) is 5.92 Å². The molecule has 200 valence electrons. The van der Waals surface area contributed by atoms with Crippen LogP contribution >= 0.6 is 0 Å². The number of amides is 4. The predicted octanol–water partition coefficient (Wildman–Crippen LogP) is 2.84. The van der Waals surface area contributed by atoms with Crippen LogP contribution in [0, 0.1) is 5.92 Å². The van der Waals surface area contributed by atoms with Crippen molar-refractivity contribution in [3.63, 3.8) is 0 Å². The lowest BCUT2D eigenvalue weighted by Crippen LogP contribution is -2.50. The maximum Gasteiger partial charge on any atom is 0.242 e. The Labute approximate surface area is 214 Å². The van der Waals surface area contributed by atoms with E-state index in [1.807, 2.05) is 37.3 Å². The lowest BCUT2D eigenvalue weighted by molar-refractivity contribution is -0.182. The minimum absolute atomic E-state index is 0.0638. The Hall–Kier alpha value is -2.94. The first-order chi connectivity index (χ1) is 17.5. The van der Waals surface area contributed by atoms with E-state index in [1.165, 1.54) is 5.06 Å². The minimum atomic E-state index is -0.657. The molecule has 9 heteroatoms. The van der Waals surface area contributed by atoms with E-state index in [4.69, 9.17) is 4.84 Å². The largest absolute Gasteiger partial charge is 0.356 e. The van der Waals surface area contributed by atoms with Crippen LogP contribution in [-0.2, 0) is 30.6 Å². The van der Waals surface area contributed by atoms with E-state index in [2.05, 4.69) is 16.0 Å². The second-order valence-electron chi connectivity index (χ2n) is 9.31. The van der Waals surface area contributed by atoms with Gasteiger partial charge in [-0.1, -0.05) is 56.5 Å². The smallest absolute Gasteiger partial charge is 0.242 e. The minimum Gasteiger partial charge on any atom is -0.356 e. The van der Waals surface area contributed by atoms with Crippen molar-refractivity contribution in [3.05, 3.63) is 35.9 Å². The number of unbranched alkanes of at least 4 members (excludes halogenated alkanes) is 1. The third-order valence-corrected chi connectivity index (χ3v) is 6.29. The van der Waals surface area contributed by atoms with Crippen LogP contribution in [0.25, 0.3) is 0 Å². The second kappa shape index (κ2) is 17.5. The molecule has 1 saturated heterocycles. The summed E-state index contributed by atoms with van der Waals surface area (Å²) in [6.07, 6.45) is 7.76. The Morgan fingerprint density at radius 1 is 1.11 bits per heavy atom. The molecule has 0 spiro atoms. The van der Waals surface area contributed by atoms with Crippen molar-refractivity contribution >= 4 is 24.1 Å². The van der Waals surface area contributed by atoms with Crippen LogP contribution in [0.1, 0.15) is 76.7 Å². The Kier molecular flexibility index (Phi) is 14.2.